The molecule has 2 N–H and O–H groups in total. The number of amides is 2. The molecule has 0 saturated carbocycles. The Balaban J connectivity index is 1.63. The molecular weight excluding hydrogens is 306 g/mol. The summed E-state index contributed by atoms with van der Waals surface area (Å²) in [5.41, 5.74) is 2.83. The lowest BCUT2D eigenvalue weighted by atomic mass is 10.1. The van der Waals surface area contributed by atoms with Crippen LogP contribution in [0.5, 0.6) is 0 Å². The zero-order valence-electron chi connectivity index (χ0n) is 13.2. The van der Waals surface area contributed by atoms with Gasteiger partial charge in [0, 0.05) is 18.1 Å². The molecule has 3 rings (SSSR count). The standard InChI is InChI=1S/C18H17N3O3/c1-19-17(22)10-12-6-8-13(9-7-12)20-18(23)11-15-14-4-2-3-5-16(14)24-21-15/h2-9H,10-11H2,1H3,(H,19,22)(H,20,23). The van der Waals surface area contributed by atoms with E-state index in [0.29, 0.717) is 23.4 Å². The number of fused-ring (bicyclic) bond motifs is 1. The normalized spacial score (nSPS) is 10.5. The average Bonchev–Trinajstić information content (AvgIpc) is 2.99. The maximum atomic E-state index is 12.2. The van der Waals surface area contributed by atoms with E-state index in [4.69, 9.17) is 4.52 Å². The van der Waals surface area contributed by atoms with Crippen LogP contribution >= 0.6 is 0 Å². The van der Waals surface area contributed by atoms with E-state index in [1.165, 1.54) is 0 Å². The molecule has 0 aliphatic heterocycles. The van der Waals surface area contributed by atoms with Crippen molar-refractivity contribution >= 4 is 28.5 Å². The quantitative estimate of drug-likeness (QED) is 0.754. The highest BCUT2D eigenvalue weighted by atomic mass is 16.5. The summed E-state index contributed by atoms with van der Waals surface area (Å²) in [5.74, 6) is -0.224. The summed E-state index contributed by atoms with van der Waals surface area (Å²) in [6, 6.07) is 14.6. The van der Waals surface area contributed by atoms with Gasteiger partial charge >= 0.3 is 0 Å². The summed E-state index contributed by atoms with van der Waals surface area (Å²) < 4.78 is 5.20. The number of benzene rings is 2. The number of nitrogens with one attached hydrogen (secondary N) is 2. The van der Waals surface area contributed by atoms with Crippen LogP contribution in [0.15, 0.2) is 53.1 Å². The number of anilines is 1. The van der Waals surface area contributed by atoms with Gasteiger partial charge in [0.2, 0.25) is 11.8 Å². The number of carbonyl (C=O) groups is 2. The Bertz CT molecular complexity index is 869. The van der Waals surface area contributed by atoms with Crippen LogP contribution in [-0.4, -0.2) is 24.0 Å². The second-order valence-electron chi connectivity index (χ2n) is 5.40. The fraction of sp³-hybridized carbons (Fsp3) is 0.167. The summed E-state index contributed by atoms with van der Waals surface area (Å²) in [4.78, 5) is 23.5. The van der Waals surface area contributed by atoms with Gasteiger partial charge in [0.05, 0.1) is 12.8 Å². The Labute approximate surface area is 138 Å². The topological polar surface area (TPSA) is 84.2 Å². The van der Waals surface area contributed by atoms with Gasteiger partial charge in [-0.3, -0.25) is 9.59 Å². The minimum Gasteiger partial charge on any atom is -0.359 e. The first-order valence-electron chi connectivity index (χ1n) is 7.58. The number of para-hydroxylation sites is 1. The molecule has 0 bridgehead atoms. The molecule has 0 fully saturated rings. The Hall–Kier alpha value is -3.15. The summed E-state index contributed by atoms with van der Waals surface area (Å²) in [5, 5.41) is 10.2. The molecular formula is C18H17N3O3. The number of nitrogens with zero attached hydrogens (tertiary/aromatic N) is 1. The number of hydrogen-bond acceptors (Lipinski definition) is 4. The van der Waals surface area contributed by atoms with Crippen LogP contribution in [-0.2, 0) is 22.4 Å². The minimum atomic E-state index is -0.173. The van der Waals surface area contributed by atoms with E-state index >= 15 is 0 Å². The number of rotatable bonds is 5. The molecule has 0 saturated heterocycles. The highest BCUT2D eigenvalue weighted by Crippen LogP contribution is 2.18. The lowest BCUT2D eigenvalue weighted by molar-refractivity contribution is -0.120. The first-order valence-corrected chi connectivity index (χ1v) is 7.58. The summed E-state index contributed by atoms with van der Waals surface area (Å²) in [6.45, 7) is 0. The van der Waals surface area contributed by atoms with Crippen LogP contribution < -0.4 is 10.6 Å². The minimum absolute atomic E-state index is 0.0512. The molecule has 1 heterocycles. The van der Waals surface area contributed by atoms with Crippen molar-refractivity contribution in [2.75, 3.05) is 12.4 Å². The molecule has 3 aromatic rings. The maximum absolute atomic E-state index is 12.2. The second kappa shape index (κ2) is 6.95. The van der Waals surface area contributed by atoms with E-state index in [9.17, 15) is 9.59 Å². The Morgan fingerprint density at radius 1 is 1.00 bits per heavy atom. The molecule has 2 aromatic carbocycles. The first-order chi connectivity index (χ1) is 11.7. The predicted molar refractivity (Wildman–Crippen MR) is 90.6 cm³/mol. The zero-order valence-corrected chi connectivity index (χ0v) is 13.2. The van der Waals surface area contributed by atoms with E-state index in [1.54, 1.807) is 19.2 Å². The van der Waals surface area contributed by atoms with Gasteiger partial charge in [0.25, 0.3) is 0 Å². The lowest BCUT2D eigenvalue weighted by Crippen LogP contribution is -2.20. The number of aromatic nitrogens is 1. The van der Waals surface area contributed by atoms with Gasteiger partial charge in [0.15, 0.2) is 5.58 Å². The van der Waals surface area contributed by atoms with Crippen molar-refractivity contribution in [1.29, 1.82) is 0 Å². The van der Waals surface area contributed by atoms with Crippen LogP contribution in [0.2, 0.25) is 0 Å². The summed E-state index contributed by atoms with van der Waals surface area (Å²) >= 11 is 0. The van der Waals surface area contributed by atoms with E-state index < -0.39 is 0 Å². The van der Waals surface area contributed by atoms with Gasteiger partial charge in [-0.15, -0.1) is 0 Å². The van der Waals surface area contributed by atoms with E-state index in [0.717, 1.165) is 10.9 Å². The summed E-state index contributed by atoms with van der Waals surface area (Å²) in [7, 11) is 1.60. The average molecular weight is 323 g/mol. The van der Waals surface area contributed by atoms with Gasteiger partial charge in [-0.1, -0.05) is 29.4 Å². The molecule has 0 aliphatic carbocycles. The molecule has 24 heavy (non-hydrogen) atoms. The van der Waals surface area contributed by atoms with Gasteiger partial charge in [-0.25, -0.2) is 0 Å². The van der Waals surface area contributed by atoms with Crippen LogP contribution in [0, 0.1) is 0 Å². The van der Waals surface area contributed by atoms with Crippen molar-refractivity contribution in [3.05, 3.63) is 59.8 Å². The van der Waals surface area contributed by atoms with Crippen molar-refractivity contribution in [2.45, 2.75) is 12.8 Å². The molecule has 6 heteroatoms. The maximum Gasteiger partial charge on any atom is 0.230 e. The van der Waals surface area contributed by atoms with Crippen molar-refractivity contribution < 1.29 is 14.1 Å². The van der Waals surface area contributed by atoms with Crippen LogP contribution in [0.1, 0.15) is 11.3 Å². The third-order valence-electron chi connectivity index (χ3n) is 3.66. The van der Waals surface area contributed by atoms with Crippen molar-refractivity contribution in [3.63, 3.8) is 0 Å². The van der Waals surface area contributed by atoms with Crippen LogP contribution in [0.25, 0.3) is 11.0 Å². The highest BCUT2D eigenvalue weighted by molar-refractivity contribution is 5.94. The monoisotopic (exact) mass is 323 g/mol. The molecule has 6 nitrogen and oxygen atoms in total. The zero-order chi connectivity index (χ0) is 16.9. The van der Waals surface area contributed by atoms with Gasteiger partial charge in [0.1, 0.15) is 5.69 Å². The smallest absolute Gasteiger partial charge is 0.230 e. The number of carbonyl (C=O) groups excluding carboxylic acids is 2. The third-order valence-corrected chi connectivity index (χ3v) is 3.66. The first kappa shape index (κ1) is 15.7. The van der Waals surface area contributed by atoms with E-state index in [2.05, 4.69) is 15.8 Å². The van der Waals surface area contributed by atoms with Crippen molar-refractivity contribution in [3.8, 4) is 0 Å². The van der Waals surface area contributed by atoms with E-state index in [-0.39, 0.29) is 18.2 Å². The Morgan fingerprint density at radius 2 is 1.75 bits per heavy atom. The molecule has 0 atom stereocenters. The van der Waals surface area contributed by atoms with Crippen LogP contribution in [0.3, 0.4) is 0 Å². The van der Waals surface area contributed by atoms with Gasteiger partial charge in [-0.2, -0.15) is 0 Å². The van der Waals surface area contributed by atoms with Crippen LogP contribution in [0.4, 0.5) is 5.69 Å². The molecule has 0 spiro atoms. The highest BCUT2D eigenvalue weighted by Gasteiger charge is 2.12. The molecule has 0 aliphatic rings. The largest absolute Gasteiger partial charge is 0.359 e. The van der Waals surface area contributed by atoms with Crippen molar-refractivity contribution in [1.82, 2.24) is 10.5 Å². The molecule has 0 radical (unpaired) electrons. The summed E-state index contributed by atoms with van der Waals surface area (Å²) in [6.07, 6.45) is 0.451. The number of likely N-dealkylation sites (N-methyl/N-ethyl adjacent to an activating group) is 1. The molecule has 0 unspecified atom stereocenters. The SMILES string of the molecule is CNC(=O)Cc1ccc(NC(=O)Cc2noc3ccccc23)cc1. The fourth-order valence-electron chi connectivity index (χ4n) is 2.40. The predicted octanol–water partition coefficient (Wildman–Crippen LogP) is 2.30. The molecule has 2 amide bonds. The fourth-order valence-corrected chi connectivity index (χ4v) is 2.40. The van der Waals surface area contributed by atoms with Gasteiger partial charge in [-0.05, 0) is 29.8 Å². The number of hydrogen-bond donors (Lipinski definition) is 2. The Kier molecular flexibility index (Phi) is 4.56. The van der Waals surface area contributed by atoms with Gasteiger partial charge < -0.3 is 15.2 Å². The molecule has 122 valence electrons. The lowest BCUT2D eigenvalue weighted by Gasteiger charge is -2.06. The van der Waals surface area contributed by atoms with E-state index in [1.807, 2.05) is 36.4 Å². The Morgan fingerprint density at radius 3 is 2.50 bits per heavy atom. The molecule has 1 aromatic heterocycles. The second-order valence-corrected chi connectivity index (χ2v) is 5.40. The van der Waals surface area contributed by atoms with Crippen molar-refractivity contribution in [2.24, 2.45) is 0 Å². The third kappa shape index (κ3) is 3.60.